The topological polar surface area (TPSA) is 95.6 Å². The summed E-state index contributed by atoms with van der Waals surface area (Å²) in [4.78, 5) is 24.0. The summed E-state index contributed by atoms with van der Waals surface area (Å²) in [6.07, 6.45) is 3.60. The van der Waals surface area contributed by atoms with Gasteiger partial charge in [-0.2, -0.15) is 5.10 Å². The van der Waals surface area contributed by atoms with Gasteiger partial charge in [-0.15, -0.1) is 0 Å². The molecule has 0 aliphatic rings. The molecule has 0 atom stereocenters. The van der Waals surface area contributed by atoms with E-state index in [0.29, 0.717) is 29.3 Å². The Balaban J connectivity index is 1.33. The van der Waals surface area contributed by atoms with E-state index in [-0.39, 0.29) is 18.3 Å². The van der Waals surface area contributed by atoms with Crippen LogP contribution < -0.4 is 10.1 Å². The van der Waals surface area contributed by atoms with E-state index in [1.165, 1.54) is 7.11 Å². The Morgan fingerprint density at radius 2 is 1.91 bits per heavy atom. The van der Waals surface area contributed by atoms with Crippen molar-refractivity contribution in [3.8, 4) is 5.75 Å². The SMILES string of the molecule is COC(=O)c1ccc(OCc2ccc(C(=O)Nc3cccc(Cn4cccn4)c3)o2)cc1. The maximum atomic E-state index is 12.6. The standard InChI is InChI=1S/C24H21N3O5/c1-30-24(29)18-6-8-20(9-7-18)31-16-21-10-11-22(32-21)23(28)26-19-5-2-4-17(14-19)15-27-13-3-12-25-27/h2-14H,15-16H2,1H3,(H,26,28). The number of anilines is 1. The molecule has 1 amide bonds. The third kappa shape index (κ3) is 5.23. The average Bonchev–Trinajstić information content (AvgIpc) is 3.50. The summed E-state index contributed by atoms with van der Waals surface area (Å²) in [6, 6.07) is 19.3. The highest BCUT2D eigenvalue weighted by Crippen LogP contribution is 2.18. The first-order valence-corrected chi connectivity index (χ1v) is 9.88. The minimum Gasteiger partial charge on any atom is -0.486 e. The van der Waals surface area contributed by atoms with Crippen LogP contribution in [0.2, 0.25) is 0 Å². The molecule has 0 saturated heterocycles. The number of benzene rings is 2. The Bertz CT molecular complexity index is 1200. The predicted octanol–water partition coefficient (Wildman–Crippen LogP) is 4.14. The van der Waals surface area contributed by atoms with Gasteiger partial charge < -0.3 is 19.2 Å². The Morgan fingerprint density at radius 1 is 1.06 bits per heavy atom. The van der Waals surface area contributed by atoms with Crippen LogP contribution in [0.4, 0.5) is 5.69 Å². The van der Waals surface area contributed by atoms with Gasteiger partial charge >= 0.3 is 5.97 Å². The molecule has 0 aliphatic carbocycles. The molecule has 4 aromatic rings. The third-order valence-electron chi connectivity index (χ3n) is 4.63. The number of furan rings is 1. The summed E-state index contributed by atoms with van der Waals surface area (Å²) in [5.41, 5.74) is 2.11. The lowest BCUT2D eigenvalue weighted by atomic mass is 10.2. The molecule has 0 bridgehead atoms. The van der Waals surface area contributed by atoms with Crippen molar-refractivity contribution < 1.29 is 23.5 Å². The maximum Gasteiger partial charge on any atom is 0.337 e. The Kier molecular flexibility index (Phi) is 6.31. The van der Waals surface area contributed by atoms with Crippen molar-refractivity contribution >= 4 is 17.6 Å². The van der Waals surface area contributed by atoms with E-state index in [4.69, 9.17) is 9.15 Å². The number of rotatable bonds is 8. The van der Waals surface area contributed by atoms with Crippen LogP contribution in [0.5, 0.6) is 5.75 Å². The molecule has 162 valence electrons. The van der Waals surface area contributed by atoms with Crippen molar-refractivity contribution in [1.29, 1.82) is 0 Å². The molecule has 2 aromatic heterocycles. The summed E-state index contributed by atoms with van der Waals surface area (Å²) < 4.78 is 17.7. The summed E-state index contributed by atoms with van der Waals surface area (Å²) >= 11 is 0. The molecule has 0 fully saturated rings. The van der Waals surface area contributed by atoms with Crippen molar-refractivity contribution in [2.24, 2.45) is 0 Å². The number of carbonyl (C=O) groups excluding carboxylic acids is 2. The van der Waals surface area contributed by atoms with Gasteiger partial charge in [-0.25, -0.2) is 4.79 Å². The van der Waals surface area contributed by atoms with Crippen LogP contribution in [0.15, 0.2) is 83.5 Å². The number of nitrogens with zero attached hydrogens (tertiary/aromatic N) is 2. The molecular weight excluding hydrogens is 410 g/mol. The van der Waals surface area contributed by atoms with E-state index in [2.05, 4.69) is 15.2 Å². The lowest BCUT2D eigenvalue weighted by molar-refractivity contribution is 0.0600. The van der Waals surface area contributed by atoms with Crippen LogP contribution in [0.1, 0.15) is 32.2 Å². The number of esters is 1. The Hall–Kier alpha value is -4.33. The summed E-state index contributed by atoms with van der Waals surface area (Å²) in [6.45, 7) is 0.754. The number of methoxy groups -OCH3 is 1. The fourth-order valence-corrected chi connectivity index (χ4v) is 3.06. The molecule has 8 heteroatoms. The van der Waals surface area contributed by atoms with Gasteiger partial charge in [0.25, 0.3) is 5.91 Å². The first-order chi connectivity index (χ1) is 15.6. The van der Waals surface area contributed by atoms with Crippen molar-refractivity contribution in [1.82, 2.24) is 9.78 Å². The smallest absolute Gasteiger partial charge is 0.337 e. The first-order valence-electron chi connectivity index (χ1n) is 9.88. The minimum atomic E-state index is -0.412. The van der Waals surface area contributed by atoms with Gasteiger partial charge in [0.15, 0.2) is 5.76 Å². The van der Waals surface area contributed by atoms with Gasteiger partial charge in [0.1, 0.15) is 18.1 Å². The van der Waals surface area contributed by atoms with E-state index in [9.17, 15) is 9.59 Å². The zero-order valence-electron chi connectivity index (χ0n) is 17.4. The van der Waals surface area contributed by atoms with E-state index in [1.807, 2.05) is 41.2 Å². The number of hydrogen-bond acceptors (Lipinski definition) is 6. The first kappa shape index (κ1) is 20.9. The van der Waals surface area contributed by atoms with Gasteiger partial charge in [-0.1, -0.05) is 12.1 Å². The largest absolute Gasteiger partial charge is 0.486 e. The Labute approximate surface area is 184 Å². The number of ether oxygens (including phenoxy) is 2. The number of nitrogens with one attached hydrogen (secondary N) is 1. The fourth-order valence-electron chi connectivity index (χ4n) is 3.06. The average molecular weight is 431 g/mol. The predicted molar refractivity (Wildman–Crippen MR) is 117 cm³/mol. The van der Waals surface area contributed by atoms with Gasteiger partial charge in [0.05, 0.1) is 19.2 Å². The Morgan fingerprint density at radius 3 is 2.66 bits per heavy atom. The van der Waals surface area contributed by atoms with Gasteiger partial charge in [0, 0.05) is 18.1 Å². The second kappa shape index (κ2) is 9.65. The molecule has 0 unspecified atom stereocenters. The summed E-state index contributed by atoms with van der Waals surface area (Å²) in [5, 5.41) is 7.03. The van der Waals surface area contributed by atoms with Crippen LogP contribution in [-0.4, -0.2) is 28.8 Å². The maximum absolute atomic E-state index is 12.6. The van der Waals surface area contributed by atoms with E-state index in [0.717, 1.165) is 5.56 Å². The van der Waals surface area contributed by atoms with Crippen LogP contribution in [0.3, 0.4) is 0 Å². The van der Waals surface area contributed by atoms with Crippen LogP contribution in [0.25, 0.3) is 0 Å². The number of aromatic nitrogens is 2. The minimum absolute atomic E-state index is 0.143. The molecule has 2 heterocycles. The van der Waals surface area contributed by atoms with Crippen molar-refractivity contribution in [3.05, 3.63) is 102 Å². The lowest BCUT2D eigenvalue weighted by Crippen LogP contribution is -2.11. The number of amides is 1. The highest BCUT2D eigenvalue weighted by Gasteiger charge is 2.13. The van der Waals surface area contributed by atoms with Gasteiger partial charge in [-0.3, -0.25) is 9.48 Å². The molecule has 0 radical (unpaired) electrons. The fraction of sp³-hybridized carbons (Fsp3) is 0.125. The monoisotopic (exact) mass is 431 g/mol. The molecule has 32 heavy (non-hydrogen) atoms. The molecule has 0 spiro atoms. The second-order valence-electron chi connectivity index (χ2n) is 6.93. The summed E-state index contributed by atoms with van der Waals surface area (Å²) in [7, 11) is 1.33. The molecule has 1 N–H and O–H groups in total. The van der Waals surface area contributed by atoms with Gasteiger partial charge in [0.2, 0.25) is 0 Å². The molecule has 0 saturated carbocycles. The highest BCUT2D eigenvalue weighted by molar-refractivity contribution is 6.02. The molecule has 2 aromatic carbocycles. The van der Waals surface area contributed by atoms with Crippen LogP contribution in [-0.2, 0) is 17.9 Å². The molecular formula is C24H21N3O5. The molecule has 0 aliphatic heterocycles. The highest BCUT2D eigenvalue weighted by atomic mass is 16.5. The second-order valence-corrected chi connectivity index (χ2v) is 6.93. The zero-order chi connectivity index (χ0) is 22.3. The zero-order valence-corrected chi connectivity index (χ0v) is 17.4. The number of hydrogen-bond donors (Lipinski definition) is 1. The van der Waals surface area contributed by atoms with Crippen LogP contribution >= 0.6 is 0 Å². The molecule has 8 nitrogen and oxygen atoms in total. The quantitative estimate of drug-likeness (QED) is 0.421. The third-order valence-corrected chi connectivity index (χ3v) is 4.63. The van der Waals surface area contributed by atoms with E-state index >= 15 is 0 Å². The summed E-state index contributed by atoms with van der Waals surface area (Å²) in [5.74, 6) is 0.482. The molecule has 4 rings (SSSR count). The van der Waals surface area contributed by atoms with Crippen molar-refractivity contribution in [2.45, 2.75) is 13.2 Å². The van der Waals surface area contributed by atoms with Gasteiger partial charge in [-0.05, 0) is 60.2 Å². The van der Waals surface area contributed by atoms with Crippen molar-refractivity contribution in [2.75, 3.05) is 12.4 Å². The van der Waals surface area contributed by atoms with Crippen LogP contribution in [0, 0.1) is 0 Å². The van der Waals surface area contributed by atoms with Crippen molar-refractivity contribution in [3.63, 3.8) is 0 Å². The normalized spacial score (nSPS) is 10.5. The van der Waals surface area contributed by atoms with E-state index in [1.54, 1.807) is 42.6 Å². The van der Waals surface area contributed by atoms with E-state index < -0.39 is 5.97 Å². The lowest BCUT2D eigenvalue weighted by Gasteiger charge is -2.07. The number of carbonyl (C=O) groups is 2.